The zero-order chi connectivity index (χ0) is 19.2. The number of amides is 2. The van der Waals surface area contributed by atoms with Gasteiger partial charge in [0.05, 0.1) is 0 Å². The minimum Gasteiger partial charge on any atom is -0.445 e. The van der Waals surface area contributed by atoms with Crippen LogP contribution in [0.1, 0.15) is 45.6 Å². The summed E-state index contributed by atoms with van der Waals surface area (Å²) >= 11 is 0. The van der Waals surface area contributed by atoms with Crippen molar-refractivity contribution in [2.75, 3.05) is 13.6 Å². The average molecular weight is 362 g/mol. The van der Waals surface area contributed by atoms with E-state index in [9.17, 15) is 9.59 Å². The molecule has 1 fully saturated rings. The van der Waals surface area contributed by atoms with Gasteiger partial charge in [-0.05, 0) is 51.5 Å². The molecule has 0 radical (unpaired) electrons. The summed E-state index contributed by atoms with van der Waals surface area (Å²) in [6.45, 7) is 6.47. The van der Waals surface area contributed by atoms with Crippen molar-refractivity contribution < 1.29 is 19.1 Å². The molecule has 2 amide bonds. The van der Waals surface area contributed by atoms with Crippen LogP contribution >= 0.6 is 0 Å². The van der Waals surface area contributed by atoms with E-state index in [4.69, 9.17) is 9.47 Å². The maximum atomic E-state index is 12.0. The van der Waals surface area contributed by atoms with Crippen LogP contribution in [-0.2, 0) is 16.1 Å². The largest absolute Gasteiger partial charge is 0.445 e. The van der Waals surface area contributed by atoms with Crippen LogP contribution in [0.4, 0.5) is 9.59 Å². The molecule has 1 aliphatic carbocycles. The molecule has 0 spiro atoms. The smallest absolute Gasteiger partial charge is 0.410 e. The molecular weight excluding hydrogens is 332 g/mol. The predicted molar refractivity (Wildman–Crippen MR) is 99.8 cm³/mol. The molecule has 6 heteroatoms. The summed E-state index contributed by atoms with van der Waals surface area (Å²) in [5.74, 6) is 0.354. The Balaban J connectivity index is 1.69. The Morgan fingerprint density at radius 2 is 1.88 bits per heavy atom. The Labute approximate surface area is 155 Å². The van der Waals surface area contributed by atoms with Gasteiger partial charge in [0.25, 0.3) is 0 Å². The topological polar surface area (TPSA) is 67.9 Å². The summed E-state index contributed by atoms with van der Waals surface area (Å²) in [7, 11) is 1.75. The number of nitrogens with one attached hydrogen (secondary N) is 1. The molecule has 1 aromatic rings. The van der Waals surface area contributed by atoms with Gasteiger partial charge in [0.2, 0.25) is 0 Å². The Morgan fingerprint density at radius 1 is 1.19 bits per heavy atom. The molecular formula is C20H30N2O4. The summed E-state index contributed by atoms with van der Waals surface area (Å²) < 4.78 is 10.6. The lowest BCUT2D eigenvalue weighted by Crippen LogP contribution is -2.37. The van der Waals surface area contributed by atoms with Gasteiger partial charge in [-0.2, -0.15) is 0 Å². The van der Waals surface area contributed by atoms with Crippen LogP contribution in [0.15, 0.2) is 30.3 Å². The molecule has 2 rings (SSSR count). The minimum atomic E-state index is -0.492. The van der Waals surface area contributed by atoms with Crippen molar-refractivity contribution in [1.29, 1.82) is 0 Å². The second kappa shape index (κ2) is 8.92. The van der Waals surface area contributed by atoms with Gasteiger partial charge in [0.1, 0.15) is 12.2 Å². The van der Waals surface area contributed by atoms with Gasteiger partial charge in [0.15, 0.2) is 0 Å². The lowest BCUT2D eigenvalue weighted by molar-refractivity contribution is 0.0273. The lowest BCUT2D eigenvalue weighted by Gasteiger charge is -2.26. The first-order valence-electron chi connectivity index (χ1n) is 9.14. The number of hydrogen-bond acceptors (Lipinski definition) is 4. The summed E-state index contributed by atoms with van der Waals surface area (Å²) in [4.78, 5) is 25.6. The number of alkyl carbamates (subject to hydrolysis) is 1. The highest BCUT2D eigenvalue weighted by Gasteiger charge is 2.29. The van der Waals surface area contributed by atoms with Crippen molar-refractivity contribution in [3.8, 4) is 0 Å². The molecule has 0 aromatic heterocycles. The van der Waals surface area contributed by atoms with Crippen molar-refractivity contribution in [2.45, 2.75) is 58.3 Å². The molecule has 1 aromatic carbocycles. The summed E-state index contributed by atoms with van der Waals surface area (Å²) in [6.07, 6.45) is 2.01. The molecule has 0 saturated heterocycles. The third-order valence-electron chi connectivity index (χ3n) is 4.31. The van der Waals surface area contributed by atoms with Gasteiger partial charge in [-0.1, -0.05) is 30.3 Å². The quantitative estimate of drug-likeness (QED) is 0.861. The minimum absolute atomic E-state index is 0.0929. The molecule has 1 saturated carbocycles. The molecule has 144 valence electrons. The fraction of sp³-hybridized carbons (Fsp3) is 0.600. The summed E-state index contributed by atoms with van der Waals surface area (Å²) in [6, 6.07) is 9.70. The fourth-order valence-corrected chi connectivity index (χ4v) is 3.11. The second-order valence-electron chi connectivity index (χ2n) is 7.94. The van der Waals surface area contributed by atoms with Crippen molar-refractivity contribution in [3.63, 3.8) is 0 Å². The normalized spacial score (nSPS) is 19.7. The van der Waals surface area contributed by atoms with Gasteiger partial charge in [-0.25, -0.2) is 9.59 Å². The first kappa shape index (κ1) is 20.1. The molecule has 6 nitrogen and oxygen atoms in total. The lowest BCUT2D eigenvalue weighted by atomic mass is 10.1. The number of carbonyl (C=O) groups is 2. The Kier molecular flexibility index (Phi) is 6.89. The molecule has 0 heterocycles. The molecule has 0 aliphatic heterocycles. The number of ether oxygens (including phenoxy) is 2. The van der Waals surface area contributed by atoms with E-state index in [-0.39, 0.29) is 24.8 Å². The van der Waals surface area contributed by atoms with E-state index in [0.717, 1.165) is 24.8 Å². The highest BCUT2D eigenvalue weighted by Crippen LogP contribution is 2.26. The third-order valence-corrected chi connectivity index (χ3v) is 4.31. The highest BCUT2D eigenvalue weighted by molar-refractivity contribution is 5.68. The summed E-state index contributed by atoms with van der Waals surface area (Å²) in [5.41, 5.74) is 0.471. The predicted octanol–water partition coefficient (Wildman–Crippen LogP) is 3.95. The van der Waals surface area contributed by atoms with Crippen molar-refractivity contribution in [1.82, 2.24) is 10.2 Å². The SMILES string of the molecule is CN(CC1CCC(NC(=O)OCc2ccccc2)C1)C(=O)OC(C)(C)C. The Morgan fingerprint density at radius 3 is 2.54 bits per heavy atom. The van der Waals surface area contributed by atoms with Crippen molar-refractivity contribution in [3.05, 3.63) is 35.9 Å². The molecule has 26 heavy (non-hydrogen) atoms. The van der Waals surface area contributed by atoms with Gasteiger partial charge in [-0.3, -0.25) is 0 Å². The van der Waals surface area contributed by atoms with Gasteiger partial charge in [-0.15, -0.1) is 0 Å². The summed E-state index contributed by atoms with van der Waals surface area (Å²) in [5, 5.41) is 2.92. The highest BCUT2D eigenvalue weighted by atomic mass is 16.6. The second-order valence-corrected chi connectivity index (χ2v) is 7.94. The van der Waals surface area contributed by atoms with Gasteiger partial charge in [0, 0.05) is 19.6 Å². The van der Waals surface area contributed by atoms with Crippen LogP contribution in [0.25, 0.3) is 0 Å². The monoisotopic (exact) mass is 362 g/mol. The first-order valence-corrected chi connectivity index (χ1v) is 9.14. The van der Waals surface area contributed by atoms with Crippen molar-refractivity contribution in [2.24, 2.45) is 5.92 Å². The number of benzene rings is 1. The van der Waals surface area contributed by atoms with Gasteiger partial charge < -0.3 is 19.7 Å². The number of carbonyl (C=O) groups excluding carboxylic acids is 2. The van der Waals surface area contributed by atoms with Crippen LogP contribution in [0, 0.1) is 5.92 Å². The third kappa shape index (κ3) is 6.94. The zero-order valence-electron chi connectivity index (χ0n) is 16.2. The van der Waals surface area contributed by atoms with E-state index in [1.165, 1.54) is 0 Å². The van der Waals surface area contributed by atoms with E-state index in [1.807, 2.05) is 51.1 Å². The van der Waals surface area contributed by atoms with E-state index < -0.39 is 5.60 Å². The molecule has 0 bridgehead atoms. The number of nitrogens with zero attached hydrogens (tertiary/aromatic N) is 1. The number of rotatable bonds is 5. The molecule has 1 N–H and O–H groups in total. The zero-order valence-corrected chi connectivity index (χ0v) is 16.2. The van der Waals surface area contributed by atoms with Crippen LogP contribution in [-0.4, -0.2) is 42.3 Å². The van der Waals surface area contributed by atoms with Gasteiger partial charge >= 0.3 is 12.2 Å². The van der Waals surface area contributed by atoms with E-state index in [1.54, 1.807) is 11.9 Å². The van der Waals surface area contributed by atoms with E-state index in [2.05, 4.69) is 5.32 Å². The van der Waals surface area contributed by atoms with Crippen LogP contribution in [0.2, 0.25) is 0 Å². The standard InChI is InChI=1S/C20H30N2O4/c1-20(2,3)26-19(24)22(4)13-16-10-11-17(12-16)21-18(23)25-14-15-8-6-5-7-9-15/h5-9,16-17H,10-14H2,1-4H3,(H,21,23). The maximum absolute atomic E-state index is 12.0. The first-order chi connectivity index (χ1) is 12.2. The molecule has 2 unspecified atom stereocenters. The van der Waals surface area contributed by atoms with Crippen molar-refractivity contribution >= 4 is 12.2 Å². The van der Waals surface area contributed by atoms with Crippen LogP contribution in [0.3, 0.4) is 0 Å². The van der Waals surface area contributed by atoms with Crippen LogP contribution < -0.4 is 5.32 Å². The fourth-order valence-electron chi connectivity index (χ4n) is 3.11. The number of hydrogen-bond donors (Lipinski definition) is 1. The maximum Gasteiger partial charge on any atom is 0.410 e. The molecule has 1 aliphatic rings. The van der Waals surface area contributed by atoms with E-state index in [0.29, 0.717) is 12.5 Å². The molecule has 2 atom stereocenters. The van der Waals surface area contributed by atoms with Crippen LogP contribution in [0.5, 0.6) is 0 Å². The Bertz CT molecular complexity index is 598. The Hall–Kier alpha value is -2.24. The van der Waals surface area contributed by atoms with E-state index >= 15 is 0 Å². The average Bonchev–Trinajstić information content (AvgIpc) is 2.99.